The van der Waals surface area contributed by atoms with Crippen molar-refractivity contribution < 1.29 is 14.2 Å². The monoisotopic (exact) mass is 191 g/mol. The molecule has 1 aromatic carbocycles. The number of rotatable bonds is 1. The third-order valence-electron chi connectivity index (χ3n) is 1.94. The van der Waals surface area contributed by atoms with E-state index in [1.165, 1.54) is 0 Å². The third kappa shape index (κ3) is 1.33. The standard InChI is InChI=1S/C10H9NO3/c1-11-7-5-8(12-2)10-9(6-7)13-3-4-14-10/h5-6H,3-4H2,2H3. The minimum atomic E-state index is 0.492. The molecule has 0 bridgehead atoms. The molecule has 1 aliphatic rings. The van der Waals surface area contributed by atoms with Gasteiger partial charge >= 0.3 is 0 Å². The maximum Gasteiger partial charge on any atom is 0.200 e. The maximum atomic E-state index is 6.91. The highest BCUT2D eigenvalue weighted by Gasteiger charge is 2.17. The molecule has 0 radical (unpaired) electrons. The molecule has 4 nitrogen and oxygen atoms in total. The molecule has 1 heterocycles. The number of benzene rings is 1. The first-order valence-corrected chi connectivity index (χ1v) is 4.20. The predicted molar refractivity (Wildman–Crippen MR) is 50.2 cm³/mol. The van der Waals surface area contributed by atoms with E-state index in [9.17, 15) is 0 Å². The lowest BCUT2D eigenvalue weighted by Gasteiger charge is -2.20. The molecule has 0 unspecified atom stereocenters. The highest BCUT2D eigenvalue weighted by Crippen LogP contribution is 2.42. The van der Waals surface area contributed by atoms with E-state index in [4.69, 9.17) is 20.8 Å². The van der Waals surface area contributed by atoms with Crippen molar-refractivity contribution in [2.45, 2.75) is 0 Å². The van der Waals surface area contributed by atoms with Crippen LogP contribution in [0.5, 0.6) is 17.2 Å². The fraction of sp³-hybridized carbons (Fsp3) is 0.300. The van der Waals surface area contributed by atoms with Gasteiger partial charge < -0.3 is 14.2 Å². The summed E-state index contributed by atoms with van der Waals surface area (Å²) in [5.41, 5.74) is 0.492. The Kier molecular flexibility index (Phi) is 2.15. The topological polar surface area (TPSA) is 32.0 Å². The number of hydrogen-bond acceptors (Lipinski definition) is 3. The smallest absolute Gasteiger partial charge is 0.200 e. The molecular formula is C10H9NO3. The summed E-state index contributed by atoms with van der Waals surface area (Å²) in [5, 5.41) is 0. The Morgan fingerprint density at radius 2 is 2.14 bits per heavy atom. The first-order valence-electron chi connectivity index (χ1n) is 4.20. The zero-order valence-corrected chi connectivity index (χ0v) is 7.74. The van der Waals surface area contributed by atoms with E-state index in [1.54, 1.807) is 19.2 Å². The molecule has 0 saturated carbocycles. The number of methoxy groups -OCH3 is 1. The van der Waals surface area contributed by atoms with Crippen LogP contribution < -0.4 is 14.2 Å². The van der Waals surface area contributed by atoms with Crippen LogP contribution in [0.3, 0.4) is 0 Å². The molecule has 0 atom stereocenters. The molecule has 0 amide bonds. The van der Waals surface area contributed by atoms with E-state index < -0.39 is 0 Å². The lowest BCUT2D eigenvalue weighted by atomic mass is 10.2. The predicted octanol–water partition coefficient (Wildman–Crippen LogP) is 2.02. The van der Waals surface area contributed by atoms with Crippen molar-refractivity contribution in [2.75, 3.05) is 20.3 Å². The molecule has 0 spiro atoms. The van der Waals surface area contributed by atoms with Crippen molar-refractivity contribution in [3.8, 4) is 17.2 Å². The van der Waals surface area contributed by atoms with Gasteiger partial charge in [-0.05, 0) is 12.1 Å². The number of fused-ring (bicyclic) bond motifs is 1. The number of ether oxygens (including phenoxy) is 3. The summed E-state index contributed by atoms with van der Waals surface area (Å²) in [6, 6.07) is 3.30. The zero-order chi connectivity index (χ0) is 9.97. The lowest BCUT2D eigenvalue weighted by Crippen LogP contribution is -2.15. The number of hydrogen-bond donors (Lipinski definition) is 0. The van der Waals surface area contributed by atoms with Gasteiger partial charge in [0, 0.05) is 0 Å². The van der Waals surface area contributed by atoms with Gasteiger partial charge in [-0.1, -0.05) is 0 Å². The molecule has 4 heteroatoms. The van der Waals surface area contributed by atoms with Gasteiger partial charge in [0.2, 0.25) is 5.75 Å². The van der Waals surface area contributed by atoms with Gasteiger partial charge in [0.1, 0.15) is 13.2 Å². The Labute approximate surface area is 81.8 Å². The molecule has 1 aromatic rings. The van der Waals surface area contributed by atoms with E-state index >= 15 is 0 Å². The van der Waals surface area contributed by atoms with Crippen LogP contribution in [0.15, 0.2) is 12.1 Å². The molecule has 14 heavy (non-hydrogen) atoms. The average molecular weight is 191 g/mol. The van der Waals surface area contributed by atoms with Crippen molar-refractivity contribution in [2.24, 2.45) is 0 Å². The second kappa shape index (κ2) is 3.46. The van der Waals surface area contributed by atoms with Crippen LogP contribution >= 0.6 is 0 Å². The largest absolute Gasteiger partial charge is 0.494 e. The molecule has 2 rings (SSSR count). The summed E-state index contributed by atoms with van der Waals surface area (Å²) in [7, 11) is 1.54. The van der Waals surface area contributed by atoms with Gasteiger partial charge in [0.25, 0.3) is 0 Å². The first-order chi connectivity index (χ1) is 6.85. The van der Waals surface area contributed by atoms with E-state index in [2.05, 4.69) is 4.85 Å². The Morgan fingerprint density at radius 3 is 2.86 bits per heavy atom. The van der Waals surface area contributed by atoms with Gasteiger partial charge in [0.05, 0.1) is 13.7 Å². The minimum Gasteiger partial charge on any atom is -0.494 e. The van der Waals surface area contributed by atoms with Crippen LogP contribution in [0, 0.1) is 6.57 Å². The maximum absolute atomic E-state index is 6.91. The van der Waals surface area contributed by atoms with Crippen molar-refractivity contribution >= 4 is 5.69 Å². The van der Waals surface area contributed by atoms with Crippen molar-refractivity contribution in [3.05, 3.63) is 23.5 Å². The number of nitrogens with zero attached hydrogens (tertiary/aromatic N) is 1. The summed E-state index contributed by atoms with van der Waals surface area (Å²) in [5.74, 6) is 1.72. The second-order valence-electron chi connectivity index (χ2n) is 2.78. The van der Waals surface area contributed by atoms with Gasteiger partial charge in [-0.2, -0.15) is 0 Å². The van der Waals surface area contributed by atoms with Crippen LogP contribution in [0.25, 0.3) is 4.85 Å². The molecule has 0 fully saturated rings. The van der Waals surface area contributed by atoms with Crippen LogP contribution in [-0.2, 0) is 0 Å². The zero-order valence-electron chi connectivity index (χ0n) is 7.74. The molecular weight excluding hydrogens is 182 g/mol. The Hall–Kier alpha value is -1.89. The summed E-state index contributed by atoms with van der Waals surface area (Å²) in [6.45, 7) is 7.93. The summed E-state index contributed by atoms with van der Waals surface area (Å²) < 4.78 is 15.9. The van der Waals surface area contributed by atoms with Crippen LogP contribution in [0.1, 0.15) is 0 Å². The van der Waals surface area contributed by atoms with E-state index in [0.29, 0.717) is 36.1 Å². The van der Waals surface area contributed by atoms with Gasteiger partial charge in [-0.25, -0.2) is 4.85 Å². The summed E-state index contributed by atoms with van der Waals surface area (Å²) >= 11 is 0. The Balaban J connectivity index is 2.54. The Bertz CT molecular complexity index is 378. The van der Waals surface area contributed by atoms with E-state index in [0.717, 1.165) is 0 Å². The fourth-order valence-corrected chi connectivity index (χ4v) is 1.32. The fourth-order valence-electron chi connectivity index (χ4n) is 1.32. The molecule has 0 saturated heterocycles. The van der Waals surface area contributed by atoms with Crippen LogP contribution in [0.4, 0.5) is 5.69 Å². The summed E-state index contributed by atoms with van der Waals surface area (Å²) in [4.78, 5) is 3.32. The van der Waals surface area contributed by atoms with Crippen LogP contribution in [-0.4, -0.2) is 20.3 Å². The minimum absolute atomic E-state index is 0.492. The third-order valence-corrected chi connectivity index (χ3v) is 1.94. The van der Waals surface area contributed by atoms with Gasteiger partial charge in [0.15, 0.2) is 17.2 Å². The quantitative estimate of drug-likeness (QED) is 0.636. The average Bonchev–Trinajstić information content (AvgIpc) is 2.27. The molecule has 0 aliphatic carbocycles. The highest BCUT2D eigenvalue weighted by molar-refractivity contribution is 5.63. The van der Waals surface area contributed by atoms with E-state index in [1.807, 2.05) is 0 Å². The highest BCUT2D eigenvalue weighted by atomic mass is 16.6. The van der Waals surface area contributed by atoms with E-state index in [-0.39, 0.29) is 0 Å². The normalized spacial score (nSPS) is 13.1. The Morgan fingerprint density at radius 1 is 1.36 bits per heavy atom. The molecule has 0 aromatic heterocycles. The second-order valence-corrected chi connectivity index (χ2v) is 2.78. The molecule has 72 valence electrons. The van der Waals surface area contributed by atoms with Crippen LogP contribution in [0.2, 0.25) is 0 Å². The molecule has 0 N–H and O–H groups in total. The van der Waals surface area contributed by atoms with Crippen molar-refractivity contribution in [1.82, 2.24) is 0 Å². The van der Waals surface area contributed by atoms with Gasteiger partial charge in [-0.3, -0.25) is 0 Å². The van der Waals surface area contributed by atoms with Gasteiger partial charge in [-0.15, -0.1) is 0 Å². The van der Waals surface area contributed by atoms with Crippen molar-refractivity contribution in [3.63, 3.8) is 0 Å². The molecule has 1 aliphatic heterocycles. The lowest BCUT2D eigenvalue weighted by molar-refractivity contribution is 0.165. The summed E-state index contributed by atoms with van der Waals surface area (Å²) in [6.07, 6.45) is 0. The first kappa shape index (κ1) is 8.70. The van der Waals surface area contributed by atoms with Crippen molar-refractivity contribution in [1.29, 1.82) is 0 Å². The SMILES string of the molecule is [C-]#[N+]c1cc(OC)c2c(c1)OCCO2.